The van der Waals surface area contributed by atoms with Gasteiger partial charge in [-0.2, -0.15) is 0 Å². The van der Waals surface area contributed by atoms with Gasteiger partial charge in [0.2, 0.25) is 0 Å². The van der Waals surface area contributed by atoms with Crippen LogP contribution in [0.1, 0.15) is 20.8 Å². The summed E-state index contributed by atoms with van der Waals surface area (Å²) in [5.74, 6) is 0.455. The van der Waals surface area contributed by atoms with E-state index in [1.807, 2.05) is 32.9 Å². The summed E-state index contributed by atoms with van der Waals surface area (Å²) < 4.78 is 5.24. The van der Waals surface area contributed by atoms with E-state index in [0.717, 1.165) is 29.9 Å². The van der Waals surface area contributed by atoms with Gasteiger partial charge in [-0.15, -0.1) is 0 Å². The van der Waals surface area contributed by atoms with Gasteiger partial charge in [0, 0.05) is 18.8 Å². The molecule has 1 aromatic heterocycles. The molecule has 19 heavy (non-hydrogen) atoms. The van der Waals surface area contributed by atoms with Crippen LogP contribution in [0.5, 0.6) is 0 Å². The number of fused-ring (bicyclic) bond motifs is 1. The second-order valence-corrected chi connectivity index (χ2v) is 4.18. The van der Waals surface area contributed by atoms with E-state index in [1.165, 1.54) is 0 Å². The second kappa shape index (κ2) is 5.69. The third-order valence-corrected chi connectivity index (χ3v) is 2.80. The van der Waals surface area contributed by atoms with E-state index in [-0.39, 0.29) is 0 Å². The predicted octanol–water partition coefficient (Wildman–Crippen LogP) is 2.36. The van der Waals surface area contributed by atoms with Crippen molar-refractivity contribution in [2.45, 2.75) is 20.8 Å². The molecule has 1 heterocycles. The zero-order valence-electron chi connectivity index (χ0n) is 11.5. The zero-order valence-corrected chi connectivity index (χ0v) is 11.5. The molecule has 1 aromatic carbocycles. The van der Waals surface area contributed by atoms with Gasteiger partial charge in [0.15, 0.2) is 0 Å². The van der Waals surface area contributed by atoms with Crippen LogP contribution in [0.4, 0.5) is 17.2 Å². The molecule has 0 aliphatic carbocycles. The van der Waals surface area contributed by atoms with E-state index in [9.17, 15) is 5.21 Å². The van der Waals surface area contributed by atoms with Crippen molar-refractivity contribution in [3.63, 3.8) is 0 Å². The second-order valence-electron chi connectivity index (χ2n) is 4.18. The van der Waals surface area contributed by atoms with Crippen molar-refractivity contribution >= 4 is 28.2 Å². The first-order valence-corrected chi connectivity index (χ1v) is 6.63. The van der Waals surface area contributed by atoms with Gasteiger partial charge >= 0.3 is 5.82 Å². The third-order valence-electron chi connectivity index (χ3n) is 2.80. The summed E-state index contributed by atoms with van der Waals surface area (Å²) in [6.45, 7) is 8.24. The van der Waals surface area contributed by atoms with E-state index in [2.05, 4.69) is 16.0 Å². The molecule has 0 saturated heterocycles. The molecule has 0 amide bonds. The van der Waals surface area contributed by atoms with E-state index in [1.54, 1.807) is 0 Å². The van der Waals surface area contributed by atoms with Crippen molar-refractivity contribution < 1.29 is 9.43 Å². The molecule has 0 bridgehead atoms. The Morgan fingerprint density at radius 1 is 1.05 bits per heavy atom. The predicted molar refractivity (Wildman–Crippen MR) is 77.7 cm³/mol. The SMILES string of the molecule is CCNc1cc(NCC)c2c(NCC)[n+]([O-])oc2c1. The number of nitrogens with zero attached hydrogens (tertiary/aromatic N) is 1. The topological polar surface area (TPSA) is 76.2 Å². The quantitative estimate of drug-likeness (QED) is 0.698. The summed E-state index contributed by atoms with van der Waals surface area (Å²) in [5, 5.41) is 22.1. The lowest BCUT2D eigenvalue weighted by Gasteiger charge is -2.09. The number of rotatable bonds is 6. The number of nitrogens with one attached hydrogen (secondary N) is 3. The Morgan fingerprint density at radius 2 is 1.74 bits per heavy atom. The molecule has 6 nitrogen and oxygen atoms in total. The lowest BCUT2D eigenvalue weighted by molar-refractivity contribution is -0.776. The van der Waals surface area contributed by atoms with Gasteiger partial charge < -0.3 is 20.4 Å². The molecule has 0 atom stereocenters. The van der Waals surface area contributed by atoms with Gasteiger partial charge in [-0.3, -0.25) is 5.32 Å². The van der Waals surface area contributed by atoms with Crippen LogP contribution >= 0.6 is 0 Å². The Morgan fingerprint density at radius 3 is 2.37 bits per heavy atom. The number of anilines is 3. The molecule has 2 aromatic rings. The van der Waals surface area contributed by atoms with E-state index >= 15 is 0 Å². The minimum Gasteiger partial charge on any atom is -0.439 e. The monoisotopic (exact) mass is 264 g/mol. The van der Waals surface area contributed by atoms with E-state index in [0.29, 0.717) is 22.8 Å². The highest BCUT2D eigenvalue weighted by Gasteiger charge is 2.18. The van der Waals surface area contributed by atoms with Crippen LogP contribution in [0.3, 0.4) is 0 Å². The first-order valence-electron chi connectivity index (χ1n) is 6.63. The highest BCUT2D eigenvalue weighted by molar-refractivity contribution is 6.00. The largest absolute Gasteiger partial charge is 0.439 e. The van der Waals surface area contributed by atoms with Gasteiger partial charge in [0.25, 0.3) is 0 Å². The summed E-state index contributed by atoms with van der Waals surface area (Å²) in [7, 11) is 0. The summed E-state index contributed by atoms with van der Waals surface area (Å²) in [6, 6.07) is 3.83. The molecule has 0 radical (unpaired) electrons. The first-order chi connectivity index (χ1) is 9.21. The standard InChI is InChI=1S/C13H20N4O2/c1-4-14-9-7-10(15-5-2)12-11(8-9)19-17(18)13(12)16-6-3/h7-8,14-16H,4-6H2,1-3H3. The Bertz CT molecular complexity index is 565. The molecule has 6 heteroatoms. The molecule has 2 rings (SSSR count). The van der Waals surface area contributed by atoms with Gasteiger partial charge in [-0.05, 0) is 37.8 Å². The number of benzene rings is 1. The van der Waals surface area contributed by atoms with Crippen molar-refractivity contribution in [1.29, 1.82) is 0 Å². The molecular weight excluding hydrogens is 244 g/mol. The molecule has 0 aliphatic heterocycles. The van der Waals surface area contributed by atoms with Crippen LogP contribution in [0, 0.1) is 5.21 Å². The Hall–Kier alpha value is -2.11. The molecule has 0 spiro atoms. The van der Waals surface area contributed by atoms with Gasteiger partial charge in [0.1, 0.15) is 5.39 Å². The molecule has 104 valence electrons. The summed E-state index contributed by atoms with van der Waals surface area (Å²) in [5.41, 5.74) is 2.40. The number of aromatic nitrogens is 1. The van der Waals surface area contributed by atoms with Gasteiger partial charge in [0.05, 0.1) is 17.8 Å². The summed E-state index contributed by atoms with van der Waals surface area (Å²) in [6.07, 6.45) is 0. The summed E-state index contributed by atoms with van der Waals surface area (Å²) >= 11 is 0. The molecule has 0 aliphatic rings. The van der Waals surface area contributed by atoms with Crippen molar-refractivity contribution in [1.82, 2.24) is 0 Å². The third kappa shape index (κ3) is 2.52. The molecule has 0 saturated carbocycles. The van der Waals surface area contributed by atoms with Crippen LogP contribution in [-0.4, -0.2) is 19.6 Å². The van der Waals surface area contributed by atoms with Crippen LogP contribution in [-0.2, 0) is 0 Å². The smallest absolute Gasteiger partial charge is 0.326 e. The number of hydrogen-bond donors (Lipinski definition) is 3. The average molecular weight is 264 g/mol. The minimum atomic E-state index is 0.455. The van der Waals surface area contributed by atoms with Crippen molar-refractivity contribution in [2.24, 2.45) is 0 Å². The fourth-order valence-corrected chi connectivity index (χ4v) is 2.11. The Kier molecular flexibility index (Phi) is 3.99. The normalized spacial score (nSPS) is 10.7. The van der Waals surface area contributed by atoms with Crippen LogP contribution in [0.15, 0.2) is 16.7 Å². The fraction of sp³-hybridized carbons (Fsp3) is 0.462. The lowest BCUT2D eigenvalue weighted by Crippen LogP contribution is -2.27. The minimum absolute atomic E-state index is 0.455. The zero-order chi connectivity index (χ0) is 13.8. The van der Waals surface area contributed by atoms with Gasteiger partial charge in [-0.1, -0.05) is 0 Å². The van der Waals surface area contributed by atoms with Crippen molar-refractivity contribution in [3.8, 4) is 0 Å². The fourth-order valence-electron chi connectivity index (χ4n) is 2.11. The maximum absolute atomic E-state index is 11.8. The summed E-state index contributed by atoms with van der Waals surface area (Å²) in [4.78, 5) is 0.532. The molecule has 0 unspecified atom stereocenters. The maximum Gasteiger partial charge on any atom is 0.326 e. The maximum atomic E-state index is 11.8. The molecular formula is C13H20N4O2. The highest BCUT2D eigenvalue weighted by Crippen LogP contribution is 2.32. The van der Waals surface area contributed by atoms with Crippen molar-refractivity contribution in [2.75, 3.05) is 35.6 Å². The van der Waals surface area contributed by atoms with Gasteiger partial charge in [-0.25, -0.2) is 0 Å². The van der Waals surface area contributed by atoms with Crippen LogP contribution in [0.2, 0.25) is 0 Å². The average Bonchev–Trinajstić information content (AvgIpc) is 2.67. The van der Waals surface area contributed by atoms with Crippen LogP contribution < -0.4 is 20.9 Å². The molecule has 0 fully saturated rings. The first kappa shape index (κ1) is 13.3. The number of hydrogen-bond acceptors (Lipinski definition) is 5. The van der Waals surface area contributed by atoms with Crippen molar-refractivity contribution in [3.05, 3.63) is 17.3 Å². The Balaban J connectivity index is 2.61. The Labute approximate surface area is 112 Å². The van der Waals surface area contributed by atoms with Crippen LogP contribution in [0.25, 0.3) is 11.0 Å². The molecule has 3 N–H and O–H groups in total. The lowest BCUT2D eigenvalue weighted by atomic mass is 10.2. The highest BCUT2D eigenvalue weighted by atomic mass is 16.7. The van der Waals surface area contributed by atoms with E-state index in [4.69, 9.17) is 4.52 Å². The van der Waals surface area contributed by atoms with E-state index < -0.39 is 0 Å².